The van der Waals surface area contributed by atoms with Gasteiger partial charge in [-0.2, -0.15) is 4.31 Å². The van der Waals surface area contributed by atoms with Gasteiger partial charge in [0.05, 0.1) is 17.4 Å². The van der Waals surface area contributed by atoms with Crippen molar-refractivity contribution >= 4 is 16.0 Å². The van der Waals surface area contributed by atoms with Crippen molar-refractivity contribution in [1.82, 2.24) is 4.31 Å². The molecule has 1 saturated heterocycles. The summed E-state index contributed by atoms with van der Waals surface area (Å²) in [5.41, 5.74) is 0. The monoisotopic (exact) mass is 371 g/mol. The van der Waals surface area contributed by atoms with Crippen molar-refractivity contribution in [3.05, 3.63) is 24.3 Å². The van der Waals surface area contributed by atoms with Crippen LogP contribution in [0.2, 0.25) is 0 Å². The third-order valence-corrected chi connectivity index (χ3v) is 6.30. The summed E-state index contributed by atoms with van der Waals surface area (Å²) in [6.07, 6.45) is 1.03. The lowest BCUT2D eigenvalue weighted by Gasteiger charge is -2.35. The van der Waals surface area contributed by atoms with E-state index in [-0.39, 0.29) is 17.5 Å². The Hall–Kier alpha value is -1.64. The third kappa shape index (κ3) is 4.93. The first-order valence-corrected chi connectivity index (χ1v) is 9.85. The second kappa shape index (κ2) is 8.64. The summed E-state index contributed by atoms with van der Waals surface area (Å²) < 4.78 is 37.6. The summed E-state index contributed by atoms with van der Waals surface area (Å²) >= 11 is 0. The van der Waals surface area contributed by atoms with E-state index < -0.39 is 21.9 Å². The molecule has 2 unspecified atom stereocenters. The Morgan fingerprint density at radius 1 is 1.24 bits per heavy atom. The first-order chi connectivity index (χ1) is 11.9. The van der Waals surface area contributed by atoms with Crippen LogP contribution in [-0.4, -0.2) is 56.2 Å². The lowest BCUT2D eigenvalue weighted by atomic mass is 9.96. The molecule has 2 atom stereocenters. The molecule has 7 nitrogen and oxygen atoms in total. The fourth-order valence-corrected chi connectivity index (χ4v) is 4.52. The van der Waals surface area contributed by atoms with Gasteiger partial charge < -0.3 is 14.6 Å². The second-order valence-electron chi connectivity index (χ2n) is 6.05. The first-order valence-electron chi connectivity index (χ1n) is 8.41. The summed E-state index contributed by atoms with van der Waals surface area (Å²) in [4.78, 5) is 11.4. The molecule has 1 aromatic carbocycles. The van der Waals surface area contributed by atoms with E-state index in [1.807, 2.05) is 6.92 Å². The molecule has 2 rings (SSSR count). The zero-order valence-electron chi connectivity index (χ0n) is 14.6. The van der Waals surface area contributed by atoms with Crippen molar-refractivity contribution < 1.29 is 27.8 Å². The topological polar surface area (TPSA) is 93.1 Å². The number of nitrogens with zero attached hydrogens (tertiary/aromatic N) is 1. The Morgan fingerprint density at radius 3 is 2.52 bits per heavy atom. The number of rotatable bonds is 8. The maximum Gasteiger partial charge on any atom is 0.307 e. The second-order valence-corrected chi connectivity index (χ2v) is 7.94. The van der Waals surface area contributed by atoms with Crippen LogP contribution in [0.1, 0.15) is 26.7 Å². The normalized spacial score (nSPS) is 21.8. The molecule has 0 aromatic heterocycles. The first kappa shape index (κ1) is 19.7. The predicted octanol–water partition coefficient (Wildman–Crippen LogP) is 1.98. The maximum atomic E-state index is 12.8. The van der Waals surface area contributed by atoms with Crippen molar-refractivity contribution in [3.63, 3.8) is 0 Å². The molecule has 1 N–H and O–H groups in total. The molecule has 0 radical (unpaired) electrons. The minimum atomic E-state index is -3.73. The van der Waals surface area contributed by atoms with Crippen LogP contribution in [0.15, 0.2) is 29.2 Å². The Bertz CT molecular complexity index is 673. The number of carboxylic acid groups (broad SMARTS) is 1. The number of carbonyl (C=O) groups is 1. The maximum absolute atomic E-state index is 12.8. The highest BCUT2D eigenvalue weighted by Gasteiger charge is 2.37. The summed E-state index contributed by atoms with van der Waals surface area (Å²) in [5.74, 6) is -1.05. The van der Waals surface area contributed by atoms with Crippen LogP contribution < -0.4 is 4.74 Å². The number of hydrogen-bond acceptors (Lipinski definition) is 5. The fraction of sp³-hybridized carbons (Fsp3) is 0.588. The van der Waals surface area contributed by atoms with Crippen LogP contribution in [0.25, 0.3) is 0 Å². The van der Waals surface area contributed by atoms with E-state index in [1.54, 1.807) is 19.1 Å². The minimum absolute atomic E-state index is 0.00540. The molecular formula is C17H25NO6S. The van der Waals surface area contributed by atoms with Gasteiger partial charge in [0.2, 0.25) is 10.0 Å². The van der Waals surface area contributed by atoms with Crippen molar-refractivity contribution in [1.29, 1.82) is 0 Å². The molecule has 140 valence electrons. The van der Waals surface area contributed by atoms with Gasteiger partial charge in [-0.25, -0.2) is 8.42 Å². The van der Waals surface area contributed by atoms with Crippen molar-refractivity contribution in [2.45, 2.75) is 37.6 Å². The highest BCUT2D eigenvalue weighted by Crippen LogP contribution is 2.29. The van der Waals surface area contributed by atoms with Crippen LogP contribution >= 0.6 is 0 Å². The molecule has 1 aliphatic rings. The average Bonchev–Trinajstić information content (AvgIpc) is 2.59. The molecule has 0 amide bonds. The Kier molecular flexibility index (Phi) is 6.80. The molecule has 25 heavy (non-hydrogen) atoms. The number of ether oxygens (including phenoxy) is 2. The van der Waals surface area contributed by atoms with Crippen LogP contribution in [0.4, 0.5) is 0 Å². The molecule has 1 fully saturated rings. The summed E-state index contributed by atoms with van der Waals surface area (Å²) in [6.45, 7) is 5.19. The number of piperidine rings is 1. The van der Waals surface area contributed by atoms with Gasteiger partial charge in [0, 0.05) is 19.2 Å². The minimum Gasteiger partial charge on any atom is -0.491 e. The molecule has 1 aliphatic heterocycles. The number of carboxylic acids is 1. The number of hydrogen-bond donors (Lipinski definition) is 1. The predicted molar refractivity (Wildman–Crippen MR) is 92.1 cm³/mol. The van der Waals surface area contributed by atoms with Gasteiger partial charge in [-0.15, -0.1) is 0 Å². The molecule has 0 aliphatic carbocycles. The van der Waals surface area contributed by atoms with Gasteiger partial charge >= 0.3 is 5.97 Å². The number of aliphatic carboxylic acids is 1. The van der Waals surface area contributed by atoms with Crippen LogP contribution in [-0.2, 0) is 19.6 Å². The van der Waals surface area contributed by atoms with Crippen molar-refractivity contribution in [3.8, 4) is 5.75 Å². The molecule has 0 bridgehead atoms. The summed E-state index contributed by atoms with van der Waals surface area (Å²) in [5, 5.41) is 9.19. The zero-order valence-corrected chi connectivity index (χ0v) is 15.4. The average molecular weight is 371 g/mol. The van der Waals surface area contributed by atoms with Crippen LogP contribution in [0, 0.1) is 5.92 Å². The summed E-state index contributed by atoms with van der Waals surface area (Å²) in [7, 11) is -3.73. The third-order valence-electron chi connectivity index (χ3n) is 4.30. The van der Waals surface area contributed by atoms with E-state index in [4.69, 9.17) is 9.47 Å². The lowest BCUT2D eigenvalue weighted by molar-refractivity contribution is -0.143. The van der Waals surface area contributed by atoms with E-state index in [2.05, 4.69) is 0 Å². The fourth-order valence-electron chi connectivity index (χ4n) is 2.82. The molecule has 0 saturated carbocycles. The smallest absolute Gasteiger partial charge is 0.307 e. The molecular weight excluding hydrogens is 346 g/mol. The van der Waals surface area contributed by atoms with E-state index in [1.165, 1.54) is 16.4 Å². The highest BCUT2D eigenvalue weighted by molar-refractivity contribution is 7.89. The zero-order chi connectivity index (χ0) is 18.4. The Labute approximate surface area is 148 Å². The quantitative estimate of drug-likeness (QED) is 0.703. The van der Waals surface area contributed by atoms with E-state index in [9.17, 15) is 18.3 Å². The Morgan fingerprint density at radius 2 is 1.92 bits per heavy atom. The van der Waals surface area contributed by atoms with E-state index in [0.717, 1.165) is 0 Å². The largest absolute Gasteiger partial charge is 0.491 e. The molecule has 0 spiro atoms. The van der Waals surface area contributed by atoms with Crippen molar-refractivity contribution in [2.75, 3.05) is 26.4 Å². The van der Waals surface area contributed by atoms with Crippen LogP contribution in [0.5, 0.6) is 5.75 Å². The molecule has 1 aromatic rings. The lowest BCUT2D eigenvalue weighted by Crippen LogP contribution is -2.47. The molecule has 8 heteroatoms. The van der Waals surface area contributed by atoms with Crippen molar-refractivity contribution in [2.24, 2.45) is 5.92 Å². The van der Waals surface area contributed by atoms with Gasteiger partial charge in [0.15, 0.2) is 0 Å². The van der Waals surface area contributed by atoms with Gasteiger partial charge in [-0.1, -0.05) is 0 Å². The SMILES string of the molecule is CCOCCOc1ccc(S(=O)(=O)N2CC(C(=O)O)CCC2C)cc1. The standard InChI is InChI=1S/C17H25NO6S/c1-3-23-10-11-24-15-6-8-16(9-7-15)25(21,22)18-12-14(17(19)20)5-4-13(18)2/h6-9,13-14H,3-5,10-12H2,1-2H3,(H,19,20). The van der Waals surface area contributed by atoms with Crippen LogP contribution in [0.3, 0.4) is 0 Å². The van der Waals surface area contributed by atoms with E-state index >= 15 is 0 Å². The van der Waals surface area contributed by atoms with Gasteiger partial charge in [0.25, 0.3) is 0 Å². The number of benzene rings is 1. The summed E-state index contributed by atoms with van der Waals surface area (Å²) in [6, 6.07) is 5.96. The van der Waals surface area contributed by atoms with Gasteiger partial charge in [0.1, 0.15) is 12.4 Å². The highest BCUT2D eigenvalue weighted by atomic mass is 32.2. The van der Waals surface area contributed by atoms with E-state index in [0.29, 0.717) is 38.4 Å². The Balaban J connectivity index is 2.09. The van der Waals surface area contributed by atoms with Gasteiger partial charge in [-0.05, 0) is 51.0 Å². The number of sulfonamides is 1. The van der Waals surface area contributed by atoms with Gasteiger partial charge in [-0.3, -0.25) is 4.79 Å². The molecule has 1 heterocycles.